The minimum absolute atomic E-state index is 0.145. The van der Waals surface area contributed by atoms with Crippen LogP contribution in [-0.2, 0) is 22.6 Å². The van der Waals surface area contributed by atoms with Crippen molar-refractivity contribution in [2.24, 2.45) is 0 Å². The van der Waals surface area contributed by atoms with Crippen LogP contribution >= 0.6 is 11.6 Å². The number of benzene rings is 2. The van der Waals surface area contributed by atoms with E-state index in [1.807, 2.05) is 36.4 Å². The zero-order chi connectivity index (χ0) is 24.0. The summed E-state index contributed by atoms with van der Waals surface area (Å²) in [4.78, 5) is 25.2. The number of carbonyl (C=O) groups is 2. The summed E-state index contributed by atoms with van der Waals surface area (Å²) in [6, 6.07) is 14.9. The molecule has 33 heavy (non-hydrogen) atoms. The van der Waals surface area contributed by atoms with Gasteiger partial charge in [0.15, 0.2) is 17.6 Å². The van der Waals surface area contributed by atoms with Crippen molar-refractivity contribution in [3.8, 4) is 11.5 Å². The molecule has 1 heterocycles. The summed E-state index contributed by atoms with van der Waals surface area (Å²) in [5.41, 5.74) is 2.37. The van der Waals surface area contributed by atoms with Gasteiger partial charge in [0, 0.05) is 6.54 Å². The Morgan fingerprint density at radius 1 is 1.06 bits per heavy atom. The second-order valence-electron chi connectivity index (χ2n) is 7.35. The number of aryl methyl sites for hydroxylation is 1. The first-order valence-corrected chi connectivity index (χ1v) is 10.7. The predicted octanol–water partition coefficient (Wildman–Crippen LogP) is 3.77. The normalized spacial score (nSPS) is 11.5. The van der Waals surface area contributed by atoms with Gasteiger partial charge < -0.3 is 19.5 Å². The van der Waals surface area contributed by atoms with E-state index in [0.717, 1.165) is 11.1 Å². The summed E-state index contributed by atoms with van der Waals surface area (Å²) in [7, 11) is 3.09. The number of methoxy groups -OCH3 is 2. The number of nitrogens with zero attached hydrogens (tertiary/aromatic N) is 2. The number of rotatable bonds is 9. The molecule has 0 saturated heterocycles. The molecule has 0 aliphatic carbocycles. The maximum atomic E-state index is 12.7. The fraction of sp³-hybridized carbons (Fsp3) is 0.292. The maximum Gasteiger partial charge on any atom is 0.343 e. The van der Waals surface area contributed by atoms with Crippen molar-refractivity contribution in [1.29, 1.82) is 0 Å². The lowest BCUT2D eigenvalue weighted by molar-refractivity contribution is -0.129. The summed E-state index contributed by atoms with van der Waals surface area (Å²) in [5.74, 6) is 0.00505. The lowest BCUT2D eigenvalue weighted by Gasteiger charge is -2.14. The predicted molar refractivity (Wildman–Crippen MR) is 124 cm³/mol. The van der Waals surface area contributed by atoms with Gasteiger partial charge in [-0.3, -0.25) is 4.79 Å². The lowest BCUT2D eigenvalue weighted by atomic mass is 10.2. The van der Waals surface area contributed by atoms with Gasteiger partial charge in [-0.05, 0) is 37.1 Å². The van der Waals surface area contributed by atoms with E-state index in [4.69, 9.17) is 25.8 Å². The van der Waals surface area contributed by atoms with Gasteiger partial charge in [0.25, 0.3) is 5.91 Å². The highest BCUT2D eigenvalue weighted by molar-refractivity contribution is 6.32. The van der Waals surface area contributed by atoms with Crippen molar-refractivity contribution in [3.05, 3.63) is 76.1 Å². The van der Waals surface area contributed by atoms with Crippen molar-refractivity contribution >= 4 is 23.5 Å². The number of amides is 1. The van der Waals surface area contributed by atoms with Crippen molar-refractivity contribution in [2.45, 2.75) is 33.0 Å². The molecule has 0 aliphatic heterocycles. The second-order valence-corrected chi connectivity index (χ2v) is 7.71. The molecule has 3 aromatic rings. The van der Waals surface area contributed by atoms with Gasteiger partial charge in [0.2, 0.25) is 0 Å². The quantitative estimate of drug-likeness (QED) is 0.477. The second kappa shape index (κ2) is 10.9. The van der Waals surface area contributed by atoms with Crippen molar-refractivity contribution in [2.75, 3.05) is 14.2 Å². The smallest absolute Gasteiger partial charge is 0.343 e. The molecule has 0 unspecified atom stereocenters. The third-order valence-electron chi connectivity index (χ3n) is 5.01. The Bertz CT molecular complexity index is 1130. The van der Waals surface area contributed by atoms with Crippen LogP contribution in [-0.4, -0.2) is 42.0 Å². The summed E-state index contributed by atoms with van der Waals surface area (Å²) < 4.78 is 17.4. The van der Waals surface area contributed by atoms with Crippen LogP contribution in [0, 0.1) is 6.92 Å². The number of hydrogen-bond acceptors (Lipinski definition) is 6. The molecule has 8 nitrogen and oxygen atoms in total. The minimum atomic E-state index is -1.02. The van der Waals surface area contributed by atoms with Gasteiger partial charge in [-0.2, -0.15) is 5.10 Å². The third kappa shape index (κ3) is 5.84. The first-order valence-electron chi connectivity index (χ1n) is 10.3. The Labute approximate surface area is 197 Å². The Balaban J connectivity index is 1.61. The SMILES string of the molecule is COc1ccc(CNC(=O)[C@@H](C)OC(=O)c2c(C)nn(Cc3ccccc3)c2Cl)cc1OC. The Morgan fingerprint density at radius 3 is 2.42 bits per heavy atom. The average Bonchev–Trinajstić information content (AvgIpc) is 3.10. The molecule has 3 rings (SSSR count). The van der Waals surface area contributed by atoms with E-state index in [2.05, 4.69) is 10.4 Å². The Hall–Kier alpha value is -3.52. The lowest BCUT2D eigenvalue weighted by Crippen LogP contribution is -2.35. The molecular weight excluding hydrogens is 446 g/mol. The number of aromatic nitrogens is 2. The third-order valence-corrected chi connectivity index (χ3v) is 5.40. The van der Waals surface area contributed by atoms with Gasteiger partial charge in [-0.25, -0.2) is 9.48 Å². The highest BCUT2D eigenvalue weighted by Crippen LogP contribution is 2.27. The molecule has 9 heteroatoms. The monoisotopic (exact) mass is 471 g/mol. The van der Waals surface area contributed by atoms with Crippen LogP contribution in [0.2, 0.25) is 5.15 Å². The number of ether oxygens (including phenoxy) is 3. The largest absolute Gasteiger partial charge is 0.493 e. The highest BCUT2D eigenvalue weighted by Gasteiger charge is 2.25. The molecule has 1 aromatic heterocycles. The van der Waals surface area contributed by atoms with Crippen molar-refractivity contribution in [1.82, 2.24) is 15.1 Å². The Kier molecular flexibility index (Phi) is 7.95. The zero-order valence-electron chi connectivity index (χ0n) is 18.9. The Morgan fingerprint density at radius 2 is 1.76 bits per heavy atom. The van der Waals surface area contributed by atoms with Gasteiger partial charge in [0.1, 0.15) is 10.7 Å². The molecule has 1 amide bonds. The van der Waals surface area contributed by atoms with Crippen molar-refractivity contribution in [3.63, 3.8) is 0 Å². The highest BCUT2D eigenvalue weighted by atomic mass is 35.5. The topological polar surface area (TPSA) is 91.7 Å². The number of nitrogens with one attached hydrogen (secondary N) is 1. The van der Waals surface area contributed by atoms with E-state index in [0.29, 0.717) is 23.7 Å². The first-order chi connectivity index (χ1) is 15.8. The molecule has 2 aromatic carbocycles. The van der Waals surface area contributed by atoms with Crippen LogP contribution in [0.4, 0.5) is 0 Å². The fourth-order valence-corrected chi connectivity index (χ4v) is 3.55. The minimum Gasteiger partial charge on any atom is -0.493 e. The molecule has 0 bridgehead atoms. The summed E-state index contributed by atoms with van der Waals surface area (Å²) >= 11 is 6.41. The van der Waals surface area contributed by atoms with Gasteiger partial charge in [0.05, 0.1) is 26.5 Å². The van der Waals surface area contributed by atoms with E-state index < -0.39 is 18.0 Å². The van der Waals surface area contributed by atoms with E-state index in [1.54, 1.807) is 26.2 Å². The standard InChI is InChI=1S/C24H26ClN3O5/c1-15-21(22(25)28(27-15)14-17-8-6-5-7-9-17)24(30)33-16(2)23(29)26-13-18-10-11-19(31-3)20(12-18)32-4/h5-12,16H,13-14H2,1-4H3,(H,26,29)/t16-/m1/s1. The molecule has 1 N–H and O–H groups in total. The number of carbonyl (C=O) groups excluding carboxylic acids is 2. The average molecular weight is 472 g/mol. The van der Waals surface area contributed by atoms with E-state index >= 15 is 0 Å². The molecular formula is C24H26ClN3O5. The van der Waals surface area contributed by atoms with Crippen LogP contribution < -0.4 is 14.8 Å². The van der Waals surface area contributed by atoms with E-state index in [9.17, 15) is 9.59 Å². The molecule has 0 saturated carbocycles. The molecule has 0 aliphatic rings. The van der Waals surface area contributed by atoms with Gasteiger partial charge in [-0.1, -0.05) is 48.0 Å². The van der Waals surface area contributed by atoms with Crippen molar-refractivity contribution < 1.29 is 23.8 Å². The fourth-order valence-electron chi connectivity index (χ4n) is 3.24. The molecule has 1 atom stereocenters. The summed E-state index contributed by atoms with van der Waals surface area (Å²) in [5, 5.41) is 7.26. The van der Waals surface area contributed by atoms with Crippen LogP contribution in [0.3, 0.4) is 0 Å². The van der Waals surface area contributed by atoms with Crippen LogP contribution in [0.5, 0.6) is 11.5 Å². The van der Waals surface area contributed by atoms with E-state index in [-0.39, 0.29) is 17.3 Å². The summed E-state index contributed by atoms with van der Waals surface area (Å²) in [6.07, 6.45) is -1.02. The molecule has 174 valence electrons. The van der Waals surface area contributed by atoms with E-state index in [1.165, 1.54) is 18.7 Å². The summed E-state index contributed by atoms with van der Waals surface area (Å²) in [6.45, 7) is 3.82. The zero-order valence-corrected chi connectivity index (χ0v) is 19.7. The molecule has 0 fully saturated rings. The molecule has 0 radical (unpaired) electrons. The van der Waals surface area contributed by atoms with Crippen LogP contribution in [0.1, 0.15) is 34.1 Å². The van der Waals surface area contributed by atoms with Crippen LogP contribution in [0.15, 0.2) is 48.5 Å². The van der Waals surface area contributed by atoms with Gasteiger partial charge in [-0.15, -0.1) is 0 Å². The number of halogens is 1. The van der Waals surface area contributed by atoms with Gasteiger partial charge >= 0.3 is 5.97 Å². The number of esters is 1. The maximum absolute atomic E-state index is 12.7. The first kappa shape index (κ1) is 24.1. The van der Waals surface area contributed by atoms with Crippen LogP contribution in [0.25, 0.3) is 0 Å². The number of hydrogen-bond donors (Lipinski definition) is 1. The molecule has 0 spiro atoms.